The average Bonchev–Trinajstić information content (AvgIpc) is 2.82. The Morgan fingerprint density at radius 1 is 1.56 bits per heavy atom. The third-order valence-electron chi connectivity index (χ3n) is 2.56. The van der Waals surface area contributed by atoms with Gasteiger partial charge in [-0.3, -0.25) is 0 Å². The summed E-state index contributed by atoms with van der Waals surface area (Å²) in [4.78, 5) is 10.3. The Balaban J connectivity index is 2.06. The third kappa shape index (κ3) is 3.30. The van der Waals surface area contributed by atoms with Crippen LogP contribution in [0.25, 0.3) is 6.08 Å². The lowest BCUT2D eigenvalue weighted by molar-refractivity contribution is -0.131. The normalized spacial score (nSPS) is 19.3. The minimum Gasteiger partial charge on any atom is -0.485 e. The summed E-state index contributed by atoms with van der Waals surface area (Å²) >= 11 is 0. The summed E-state index contributed by atoms with van der Waals surface area (Å²) in [7, 11) is 0. The van der Waals surface area contributed by atoms with Crippen LogP contribution in [0.3, 0.4) is 0 Å². The fourth-order valence-electron chi connectivity index (χ4n) is 1.67. The summed E-state index contributed by atoms with van der Waals surface area (Å²) in [5.74, 6) is -1.41. The van der Waals surface area contributed by atoms with Crippen LogP contribution >= 0.6 is 0 Å². The van der Waals surface area contributed by atoms with Crippen LogP contribution in [-0.2, 0) is 9.53 Å². The highest BCUT2D eigenvalue weighted by Crippen LogP contribution is 2.22. The Morgan fingerprint density at radius 3 is 3.00 bits per heavy atom. The maximum Gasteiger partial charge on any atom is 0.328 e. The first kappa shape index (κ1) is 12.6. The summed E-state index contributed by atoms with van der Waals surface area (Å²) in [6.45, 7) is 1.10. The molecule has 0 saturated carbocycles. The second-order valence-electron chi connectivity index (χ2n) is 3.96. The van der Waals surface area contributed by atoms with Gasteiger partial charge in [0.2, 0.25) is 0 Å². The van der Waals surface area contributed by atoms with E-state index >= 15 is 0 Å². The van der Waals surface area contributed by atoms with Gasteiger partial charge in [-0.1, -0.05) is 6.07 Å². The molecule has 18 heavy (non-hydrogen) atoms. The van der Waals surface area contributed by atoms with Crippen LogP contribution in [0, 0.1) is 5.82 Å². The van der Waals surface area contributed by atoms with Crippen molar-refractivity contribution >= 4 is 12.0 Å². The zero-order valence-electron chi connectivity index (χ0n) is 9.64. The largest absolute Gasteiger partial charge is 0.485 e. The molecular formula is C13H13FO4. The molecule has 0 bridgehead atoms. The Hall–Kier alpha value is -1.88. The first-order chi connectivity index (χ1) is 8.65. The van der Waals surface area contributed by atoms with Crippen molar-refractivity contribution in [3.8, 4) is 5.75 Å². The Bertz CT molecular complexity index is 464. The number of rotatable bonds is 4. The standard InChI is InChI=1S/C13H13FO4/c14-11-7-9(2-4-13(15)16)1-3-12(11)18-10-5-6-17-8-10/h1-4,7,10H,5-6,8H2,(H,15,16)/b4-2+. The lowest BCUT2D eigenvalue weighted by Gasteiger charge is -2.12. The van der Waals surface area contributed by atoms with Gasteiger partial charge in [-0.15, -0.1) is 0 Å². The van der Waals surface area contributed by atoms with E-state index in [1.807, 2.05) is 0 Å². The molecule has 2 rings (SSSR count). The Labute approximate surface area is 104 Å². The van der Waals surface area contributed by atoms with E-state index in [4.69, 9.17) is 14.6 Å². The van der Waals surface area contributed by atoms with Crippen molar-refractivity contribution in [2.75, 3.05) is 13.2 Å². The number of hydrogen-bond donors (Lipinski definition) is 1. The van der Waals surface area contributed by atoms with Crippen LogP contribution < -0.4 is 4.74 Å². The van der Waals surface area contributed by atoms with Crippen LogP contribution in [0.15, 0.2) is 24.3 Å². The second-order valence-corrected chi connectivity index (χ2v) is 3.96. The summed E-state index contributed by atoms with van der Waals surface area (Å²) in [6, 6.07) is 4.34. The number of carbonyl (C=O) groups is 1. The highest BCUT2D eigenvalue weighted by Gasteiger charge is 2.18. The van der Waals surface area contributed by atoms with Gasteiger partial charge in [0, 0.05) is 12.5 Å². The Kier molecular flexibility index (Phi) is 3.94. The first-order valence-electron chi connectivity index (χ1n) is 5.60. The highest BCUT2D eigenvalue weighted by atomic mass is 19.1. The molecule has 1 fully saturated rings. The van der Waals surface area contributed by atoms with Gasteiger partial charge in [0.1, 0.15) is 6.10 Å². The minimum absolute atomic E-state index is 0.111. The van der Waals surface area contributed by atoms with Gasteiger partial charge < -0.3 is 14.6 Å². The molecule has 1 aliphatic rings. The van der Waals surface area contributed by atoms with Gasteiger partial charge in [0.05, 0.1) is 13.2 Å². The fourth-order valence-corrected chi connectivity index (χ4v) is 1.67. The zero-order chi connectivity index (χ0) is 13.0. The predicted octanol–water partition coefficient (Wildman–Crippen LogP) is 2.09. The maximum atomic E-state index is 13.7. The molecule has 0 aliphatic carbocycles. The number of benzene rings is 1. The van der Waals surface area contributed by atoms with Crippen molar-refractivity contribution in [1.29, 1.82) is 0 Å². The monoisotopic (exact) mass is 252 g/mol. The van der Waals surface area contributed by atoms with Gasteiger partial charge in [-0.25, -0.2) is 9.18 Å². The van der Waals surface area contributed by atoms with E-state index in [1.54, 1.807) is 6.07 Å². The van der Waals surface area contributed by atoms with Crippen LogP contribution in [0.4, 0.5) is 4.39 Å². The summed E-state index contributed by atoms with van der Waals surface area (Å²) in [6.07, 6.45) is 2.92. The van der Waals surface area contributed by atoms with Crippen LogP contribution in [0.2, 0.25) is 0 Å². The molecule has 4 nitrogen and oxygen atoms in total. The van der Waals surface area contributed by atoms with Crippen LogP contribution in [0.1, 0.15) is 12.0 Å². The van der Waals surface area contributed by atoms with Gasteiger partial charge in [-0.2, -0.15) is 0 Å². The van der Waals surface area contributed by atoms with Crippen molar-refractivity contribution in [2.45, 2.75) is 12.5 Å². The van der Waals surface area contributed by atoms with Gasteiger partial charge in [0.15, 0.2) is 11.6 Å². The molecule has 1 aromatic rings. The molecular weight excluding hydrogens is 239 g/mol. The number of hydrogen-bond acceptors (Lipinski definition) is 3. The van der Waals surface area contributed by atoms with Crippen molar-refractivity contribution in [1.82, 2.24) is 0 Å². The highest BCUT2D eigenvalue weighted by molar-refractivity contribution is 5.85. The average molecular weight is 252 g/mol. The van der Waals surface area contributed by atoms with Crippen molar-refractivity contribution < 1.29 is 23.8 Å². The summed E-state index contributed by atoms with van der Waals surface area (Å²) in [5.41, 5.74) is 0.477. The number of carboxylic acid groups (broad SMARTS) is 1. The molecule has 0 aromatic heterocycles. The lowest BCUT2D eigenvalue weighted by Crippen LogP contribution is -2.16. The van der Waals surface area contributed by atoms with E-state index in [0.29, 0.717) is 18.8 Å². The van der Waals surface area contributed by atoms with Gasteiger partial charge >= 0.3 is 5.97 Å². The van der Waals surface area contributed by atoms with E-state index in [1.165, 1.54) is 18.2 Å². The maximum absolute atomic E-state index is 13.7. The number of aliphatic carboxylic acids is 1. The SMILES string of the molecule is O=C(O)/C=C/c1ccc(OC2CCOC2)c(F)c1. The van der Waals surface area contributed by atoms with E-state index < -0.39 is 11.8 Å². The molecule has 1 atom stereocenters. The van der Waals surface area contributed by atoms with Crippen molar-refractivity contribution in [3.63, 3.8) is 0 Å². The minimum atomic E-state index is -1.07. The molecule has 1 heterocycles. The van der Waals surface area contributed by atoms with Gasteiger partial charge in [-0.05, 0) is 23.8 Å². The van der Waals surface area contributed by atoms with E-state index in [2.05, 4.69) is 0 Å². The molecule has 1 N–H and O–H groups in total. The zero-order valence-corrected chi connectivity index (χ0v) is 9.64. The quantitative estimate of drug-likeness (QED) is 0.834. The topological polar surface area (TPSA) is 55.8 Å². The van der Waals surface area contributed by atoms with Crippen LogP contribution in [0.5, 0.6) is 5.75 Å². The van der Waals surface area contributed by atoms with Crippen molar-refractivity contribution in [2.24, 2.45) is 0 Å². The van der Waals surface area contributed by atoms with Gasteiger partial charge in [0.25, 0.3) is 0 Å². The summed E-state index contributed by atoms with van der Waals surface area (Å²) in [5, 5.41) is 8.47. The molecule has 96 valence electrons. The molecule has 1 saturated heterocycles. The summed E-state index contributed by atoms with van der Waals surface area (Å²) < 4.78 is 24.3. The van der Waals surface area contributed by atoms with E-state index in [9.17, 15) is 9.18 Å². The smallest absolute Gasteiger partial charge is 0.328 e. The predicted molar refractivity (Wildman–Crippen MR) is 62.9 cm³/mol. The first-order valence-corrected chi connectivity index (χ1v) is 5.60. The molecule has 1 aliphatic heterocycles. The lowest BCUT2D eigenvalue weighted by atomic mass is 10.2. The van der Waals surface area contributed by atoms with Crippen molar-refractivity contribution in [3.05, 3.63) is 35.7 Å². The molecule has 0 spiro atoms. The van der Waals surface area contributed by atoms with E-state index in [0.717, 1.165) is 12.5 Å². The number of carboxylic acids is 1. The fraction of sp³-hybridized carbons (Fsp3) is 0.308. The molecule has 1 unspecified atom stereocenters. The van der Waals surface area contributed by atoms with E-state index in [-0.39, 0.29) is 11.9 Å². The second kappa shape index (κ2) is 5.64. The Morgan fingerprint density at radius 2 is 2.39 bits per heavy atom. The molecule has 1 aromatic carbocycles. The number of ether oxygens (including phenoxy) is 2. The number of halogens is 1. The molecule has 0 amide bonds. The third-order valence-corrected chi connectivity index (χ3v) is 2.56. The van der Waals surface area contributed by atoms with Crippen LogP contribution in [-0.4, -0.2) is 30.4 Å². The molecule has 5 heteroatoms. The molecule has 0 radical (unpaired) electrons.